The normalized spacial score (nSPS) is 16.8. The Bertz CT molecular complexity index is 709. The Kier molecular flexibility index (Phi) is 2.36. The molecule has 0 bridgehead atoms. The second-order valence-electron chi connectivity index (χ2n) is 4.83. The van der Waals surface area contributed by atoms with Gasteiger partial charge < -0.3 is 0 Å². The highest BCUT2D eigenvalue weighted by molar-refractivity contribution is 6.20. The quantitative estimate of drug-likeness (QED) is 0.791. The number of nitrogens with zero attached hydrogens (tertiary/aromatic N) is 3. The van der Waals surface area contributed by atoms with Crippen LogP contribution in [0.2, 0.25) is 0 Å². The molecule has 2 aromatic carbocycles. The second-order valence-corrected chi connectivity index (χ2v) is 4.83. The van der Waals surface area contributed by atoms with Gasteiger partial charge in [-0.15, -0.1) is 0 Å². The van der Waals surface area contributed by atoms with Crippen molar-refractivity contribution in [1.82, 2.24) is 5.01 Å². The number of aliphatic imine (C=N–C) groups is 1. The first-order chi connectivity index (χ1) is 9.86. The molecule has 98 valence electrons. The van der Waals surface area contributed by atoms with Crippen LogP contribution >= 0.6 is 0 Å². The molecule has 4 heteroatoms. The van der Waals surface area contributed by atoms with Crippen LogP contribution in [-0.4, -0.2) is 29.8 Å². The van der Waals surface area contributed by atoms with E-state index in [2.05, 4.69) is 4.99 Å². The highest BCUT2D eigenvalue weighted by Gasteiger charge is 2.37. The van der Waals surface area contributed by atoms with Crippen LogP contribution in [0.15, 0.2) is 59.6 Å². The molecule has 0 atom stereocenters. The number of rotatable bonds is 1. The molecular weight excluding hydrogens is 250 g/mol. The first-order valence-corrected chi connectivity index (χ1v) is 6.67. The number of carbonyl (C=O) groups excluding carboxylic acids is 1. The lowest BCUT2D eigenvalue weighted by Crippen LogP contribution is -2.53. The minimum atomic E-state index is 0.00708. The largest absolute Gasteiger partial charge is 0.277 e. The Hall–Kier alpha value is -2.62. The van der Waals surface area contributed by atoms with E-state index in [9.17, 15) is 4.79 Å². The number of fused-ring (bicyclic) bond motifs is 3. The molecule has 4 nitrogen and oxygen atoms in total. The first-order valence-electron chi connectivity index (χ1n) is 6.67. The van der Waals surface area contributed by atoms with E-state index in [0.717, 1.165) is 30.2 Å². The van der Waals surface area contributed by atoms with Gasteiger partial charge in [-0.1, -0.05) is 36.4 Å². The molecule has 2 heterocycles. The maximum absolute atomic E-state index is 12.8. The van der Waals surface area contributed by atoms with E-state index in [1.54, 1.807) is 5.01 Å². The van der Waals surface area contributed by atoms with Crippen LogP contribution in [0.1, 0.15) is 15.9 Å². The van der Waals surface area contributed by atoms with Crippen LogP contribution in [0.5, 0.6) is 0 Å². The Labute approximate surface area is 116 Å². The van der Waals surface area contributed by atoms with Crippen LogP contribution in [0.4, 0.5) is 5.69 Å². The van der Waals surface area contributed by atoms with E-state index in [1.165, 1.54) is 0 Å². The number of para-hydroxylation sites is 1. The van der Waals surface area contributed by atoms with Crippen LogP contribution in [0, 0.1) is 0 Å². The summed E-state index contributed by atoms with van der Waals surface area (Å²) in [4.78, 5) is 17.3. The van der Waals surface area contributed by atoms with E-state index in [4.69, 9.17) is 0 Å². The number of carbonyl (C=O) groups is 1. The van der Waals surface area contributed by atoms with Crippen LogP contribution in [-0.2, 0) is 0 Å². The third kappa shape index (κ3) is 1.48. The third-order valence-electron chi connectivity index (χ3n) is 3.65. The van der Waals surface area contributed by atoms with Gasteiger partial charge in [0.1, 0.15) is 0 Å². The summed E-state index contributed by atoms with van der Waals surface area (Å²) in [7, 11) is 0. The Morgan fingerprint density at radius 3 is 2.40 bits per heavy atom. The summed E-state index contributed by atoms with van der Waals surface area (Å²) >= 11 is 0. The number of amides is 1. The van der Waals surface area contributed by atoms with Crippen molar-refractivity contribution in [1.29, 1.82) is 0 Å². The van der Waals surface area contributed by atoms with Gasteiger partial charge in [0.15, 0.2) is 5.84 Å². The average molecular weight is 263 g/mol. The molecule has 0 aliphatic carbocycles. The summed E-state index contributed by atoms with van der Waals surface area (Å²) in [6, 6.07) is 17.4. The molecule has 2 aliphatic heterocycles. The van der Waals surface area contributed by atoms with Crippen molar-refractivity contribution in [2.75, 3.05) is 18.1 Å². The lowest BCUT2D eigenvalue weighted by molar-refractivity contribution is 0.0934. The zero-order chi connectivity index (χ0) is 13.5. The molecule has 0 unspecified atom stereocenters. The van der Waals surface area contributed by atoms with E-state index >= 15 is 0 Å². The van der Waals surface area contributed by atoms with E-state index in [-0.39, 0.29) is 5.91 Å². The lowest BCUT2D eigenvalue weighted by Gasteiger charge is -2.38. The number of benzene rings is 2. The van der Waals surface area contributed by atoms with Gasteiger partial charge in [-0.05, 0) is 18.2 Å². The number of hydrazine groups is 1. The highest BCUT2D eigenvalue weighted by atomic mass is 16.2. The minimum Gasteiger partial charge on any atom is -0.267 e. The van der Waals surface area contributed by atoms with Crippen LogP contribution in [0.3, 0.4) is 0 Å². The van der Waals surface area contributed by atoms with Gasteiger partial charge >= 0.3 is 0 Å². The summed E-state index contributed by atoms with van der Waals surface area (Å²) < 4.78 is 0. The number of amidine groups is 1. The van der Waals surface area contributed by atoms with Gasteiger partial charge in [-0.25, -0.2) is 5.01 Å². The molecule has 0 saturated carbocycles. The highest BCUT2D eigenvalue weighted by Crippen LogP contribution is 2.29. The summed E-state index contributed by atoms with van der Waals surface area (Å²) in [6.07, 6.45) is 0. The Morgan fingerprint density at radius 1 is 0.900 bits per heavy atom. The van der Waals surface area contributed by atoms with E-state index in [1.807, 2.05) is 59.6 Å². The van der Waals surface area contributed by atoms with Gasteiger partial charge in [-0.2, -0.15) is 0 Å². The fourth-order valence-electron chi connectivity index (χ4n) is 2.77. The fraction of sp³-hybridized carbons (Fsp3) is 0.125. The van der Waals surface area contributed by atoms with Crippen molar-refractivity contribution in [3.8, 4) is 0 Å². The summed E-state index contributed by atoms with van der Waals surface area (Å²) in [5, 5.41) is 3.70. The molecule has 20 heavy (non-hydrogen) atoms. The Balaban J connectivity index is 1.91. The molecular formula is C16H13N3O. The lowest BCUT2D eigenvalue weighted by atomic mass is 10.0. The van der Waals surface area contributed by atoms with Crippen molar-refractivity contribution >= 4 is 17.4 Å². The summed E-state index contributed by atoms with van der Waals surface area (Å²) in [5.74, 6) is 0.900. The van der Waals surface area contributed by atoms with Gasteiger partial charge in [0.05, 0.1) is 24.3 Å². The van der Waals surface area contributed by atoms with Crippen molar-refractivity contribution in [2.45, 2.75) is 0 Å². The van der Waals surface area contributed by atoms with Gasteiger partial charge in [0.25, 0.3) is 5.91 Å². The predicted octanol–water partition coefficient (Wildman–Crippen LogP) is 2.32. The van der Waals surface area contributed by atoms with Gasteiger partial charge in [0, 0.05) is 5.56 Å². The number of hydrogen-bond donors (Lipinski definition) is 0. The first kappa shape index (κ1) is 11.2. The molecule has 0 aromatic heterocycles. The topological polar surface area (TPSA) is 35.9 Å². The molecule has 2 aromatic rings. The number of hydrogen-bond acceptors (Lipinski definition) is 3. The molecule has 4 rings (SSSR count). The molecule has 0 spiro atoms. The smallest absolute Gasteiger partial charge is 0.267 e. The minimum absolute atomic E-state index is 0.00708. The van der Waals surface area contributed by atoms with Crippen molar-refractivity contribution in [2.24, 2.45) is 4.99 Å². The summed E-state index contributed by atoms with van der Waals surface area (Å²) in [6.45, 7) is 1.46. The summed E-state index contributed by atoms with van der Waals surface area (Å²) in [5.41, 5.74) is 2.53. The zero-order valence-electron chi connectivity index (χ0n) is 10.9. The molecule has 0 radical (unpaired) electrons. The maximum Gasteiger partial charge on any atom is 0.277 e. The van der Waals surface area contributed by atoms with Crippen LogP contribution in [0.25, 0.3) is 0 Å². The molecule has 0 N–H and O–H groups in total. The predicted molar refractivity (Wildman–Crippen MR) is 77.8 cm³/mol. The maximum atomic E-state index is 12.8. The SMILES string of the molecule is O=C1c2ccccc2C2=NCCN2N1c1ccccc1. The van der Waals surface area contributed by atoms with Gasteiger partial charge in [0.2, 0.25) is 0 Å². The van der Waals surface area contributed by atoms with Crippen molar-refractivity contribution in [3.05, 3.63) is 65.7 Å². The molecule has 0 fully saturated rings. The standard InChI is InChI=1S/C16H13N3O/c20-16-14-9-5-4-8-13(14)15-17-10-11-18(15)19(16)12-6-2-1-3-7-12/h1-9H,10-11H2. The van der Waals surface area contributed by atoms with Crippen LogP contribution < -0.4 is 5.01 Å². The molecule has 1 amide bonds. The fourth-order valence-corrected chi connectivity index (χ4v) is 2.77. The monoisotopic (exact) mass is 263 g/mol. The molecule has 2 aliphatic rings. The van der Waals surface area contributed by atoms with E-state index < -0.39 is 0 Å². The zero-order valence-corrected chi connectivity index (χ0v) is 10.9. The second kappa shape index (κ2) is 4.20. The van der Waals surface area contributed by atoms with E-state index in [0.29, 0.717) is 5.56 Å². The van der Waals surface area contributed by atoms with Gasteiger partial charge in [-0.3, -0.25) is 14.8 Å². The van der Waals surface area contributed by atoms with Crippen molar-refractivity contribution < 1.29 is 4.79 Å². The third-order valence-corrected chi connectivity index (χ3v) is 3.65. The molecule has 0 saturated heterocycles. The Morgan fingerprint density at radius 2 is 1.60 bits per heavy atom. The van der Waals surface area contributed by atoms with Crippen molar-refractivity contribution in [3.63, 3.8) is 0 Å². The average Bonchev–Trinajstić information content (AvgIpc) is 2.98. The number of anilines is 1.